The van der Waals surface area contributed by atoms with Crippen molar-refractivity contribution in [3.8, 4) is 28.3 Å². The Kier molecular flexibility index (Phi) is 4.33. The smallest absolute Gasteiger partial charge is 0.227 e. The van der Waals surface area contributed by atoms with Gasteiger partial charge in [0.05, 0.1) is 11.0 Å². The Hall–Kier alpha value is -4.70. The second-order valence-corrected chi connectivity index (χ2v) is 8.60. The molecule has 0 bridgehead atoms. The van der Waals surface area contributed by atoms with Crippen molar-refractivity contribution in [2.45, 2.75) is 0 Å². The van der Waals surface area contributed by atoms with Crippen LogP contribution in [0.4, 0.5) is 4.39 Å². The van der Waals surface area contributed by atoms with Gasteiger partial charge < -0.3 is 8.98 Å². The number of fused-ring (bicyclic) bond motifs is 4. The average molecular weight is 455 g/mol. The Morgan fingerprint density at radius 2 is 1.14 bits per heavy atom. The van der Waals surface area contributed by atoms with Gasteiger partial charge in [-0.3, -0.25) is 0 Å². The van der Waals surface area contributed by atoms with Gasteiger partial charge in [-0.15, -0.1) is 0 Å². The quantitative estimate of drug-likeness (QED) is 0.268. The first kappa shape index (κ1) is 19.7. The summed E-state index contributed by atoms with van der Waals surface area (Å²) < 4.78 is 22.0. The van der Waals surface area contributed by atoms with Gasteiger partial charge in [-0.2, -0.15) is 0 Å². The van der Waals surface area contributed by atoms with E-state index in [2.05, 4.69) is 82.3 Å². The largest absolute Gasteiger partial charge is 0.433 e. The van der Waals surface area contributed by atoms with Crippen molar-refractivity contribution in [3.05, 3.63) is 121 Å². The molecule has 0 N–H and O–H groups in total. The highest BCUT2D eigenvalue weighted by Gasteiger charge is 2.13. The molecule has 3 nitrogen and oxygen atoms in total. The molecular formula is C31H19FN2O. The molecule has 0 atom stereocenters. The molecule has 166 valence electrons. The average Bonchev–Trinajstić information content (AvgIpc) is 3.50. The third kappa shape index (κ3) is 3.15. The molecule has 2 heterocycles. The fourth-order valence-electron chi connectivity index (χ4n) is 4.85. The summed E-state index contributed by atoms with van der Waals surface area (Å²) in [5, 5.41) is 2.50. The van der Waals surface area contributed by atoms with Crippen molar-refractivity contribution in [2.24, 2.45) is 0 Å². The third-order valence-corrected chi connectivity index (χ3v) is 6.54. The van der Waals surface area contributed by atoms with Crippen LogP contribution < -0.4 is 0 Å². The molecule has 7 rings (SSSR count). The Morgan fingerprint density at radius 1 is 0.571 bits per heavy atom. The van der Waals surface area contributed by atoms with E-state index in [1.54, 1.807) is 12.1 Å². The van der Waals surface area contributed by atoms with Gasteiger partial charge in [-0.25, -0.2) is 9.37 Å². The van der Waals surface area contributed by atoms with Gasteiger partial charge in [0, 0.05) is 22.0 Å². The fraction of sp³-hybridized carbons (Fsp3) is 0. The van der Waals surface area contributed by atoms with Gasteiger partial charge in [-0.1, -0.05) is 66.7 Å². The number of nitrogens with zero attached hydrogens (tertiary/aromatic N) is 2. The molecule has 7 aromatic rings. The van der Waals surface area contributed by atoms with E-state index in [0.717, 1.165) is 22.4 Å². The van der Waals surface area contributed by atoms with Crippen LogP contribution in [0.25, 0.3) is 61.2 Å². The van der Waals surface area contributed by atoms with Gasteiger partial charge in [0.1, 0.15) is 5.52 Å². The molecule has 2 aromatic heterocycles. The highest BCUT2D eigenvalue weighted by molar-refractivity contribution is 6.09. The molecule has 35 heavy (non-hydrogen) atoms. The predicted octanol–water partition coefficient (Wildman–Crippen LogP) is 8.40. The van der Waals surface area contributed by atoms with E-state index in [0.29, 0.717) is 11.4 Å². The SMILES string of the molecule is Fc1cccc2nc(-c3ccc(-c4ccc(-n5c6ccccc6c6ccccc65)cc4)cc3)oc12. The lowest BCUT2D eigenvalue weighted by Crippen LogP contribution is -1.93. The van der Waals surface area contributed by atoms with E-state index >= 15 is 0 Å². The molecule has 0 spiro atoms. The summed E-state index contributed by atoms with van der Waals surface area (Å²) in [4.78, 5) is 4.43. The molecular weight excluding hydrogens is 435 g/mol. The zero-order valence-corrected chi connectivity index (χ0v) is 18.7. The number of benzene rings is 5. The first-order valence-electron chi connectivity index (χ1n) is 11.5. The fourth-order valence-corrected chi connectivity index (χ4v) is 4.85. The van der Waals surface area contributed by atoms with Crippen LogP contribution in [0.5, 0.6) is 0 Å². The second-order valence-electron chi connectivity index (χ2n) is 8.60. The van der Waals surface area contributed by atoms with Gasteiger partial charge in [0.15, 0.2) is 11.4 Å². The Bertz CT molecular complexity index is 1790. The van der Waals surface area contributed by atoms with E-state index in [-0.39, 0.29) is 5.58 Å². The van der Waals surface area contributed by atoms with Crippen molar-refractivity contribution in [3.63, 3.8) is 0 Å². The zero-order chi connectivity index (χ0) is 23.4. The normalized spacial score (nSPS) is 11.6. The first-order chi connectivity index (χ1) is 17.3. The predicted molar refractivity (Wildman–Crippen MR) is 139 cm³/mol. The number of halogens is 1. The number of hydrogen-bond donors (Lipinski definition) is 0. The van der Waals surface area contributed by atoms with Crippen LogP contribution in [0.15, 0.2) is 120 Å². The molecule has 0 saturated carbocycles. The number of oxazole rings is 1. The Labute approximate surface area is 200 Å². The van der Waals surface area contributed by atoms with Crippen LogP contribution >= 0.6 is 0 Å². The number of para-hydroxylation sites is 3. The van der Waals surface area contributed by atoms with Crippen molar-refractivity contribution in [1.82, 2.24) is 9.55 Å². The van der Waals surface area contributed by atoms with Crippen LogP contribution in [0.1, 0.15) is 0 Å². The molecule has 0 aliphatic heterocycles. The van der Waals surface area contributed by atoms with Crippen molar-refractivity contribution >= 4 is 32.9 Å². The summed E-state index contributed by atoms with van der Waals surface area (Å²) in [7, 11) is 0. The van der Waals surface area contributed by atoms with E-state index in [1.165, 1.54) is 27.9 Å². The summed E-state index contributed by atoms with van der Waals surface area (Å²) in [6.45, 7) is 0. The zero-order valence-electron chi connectivity index (χ0n) is 18.7. The van der Waals surface area contributed by atoms with Crippen molar-refractivity contribution < 1.29 is 8.81 Å². The van der Waals surface area contributed by atoms with E-state index in [9.17, 15) is 4.39 Å². The van der Waals surface area contributed by atoms with E-state index in [4.69, 9.17) is 4.42 Å². The molecule has 4 heteroatoms. The van der Waals surface area contributed by atoms with Crippen LogP contribution in [0, 0.1) is 5.82 Å². The Balaban J connectivity index is 1.25. The van der Waals surface area contributed by atoms with Crippen LogP contribution in [0.2, 0.25) is 0 Å². The molecule has 0 radical (unpaired) electrons. The summed E-state index contributed by atoms with van der Waals surface area (Å²) in [5.74, 6) is 0.0135. The lowest BCUT2D eigenvalue weighted by atomic mass is 10.0. The monoisotopic (exact) mass is 454 g/mol. The van der Waals surface area contributed by atoms with E-state index < -0.39 is 5.82 Å². The van der Waals surface area contributed by atoms with Gasteiger partial charge in [-0.05, 0) is 59.7 Å². The van der Waals surface area contributed by atoms with Crippen LogP contribution in [-0.2, 0) is 0 Å². The minimum absolute atomic E-state index is 0.187. The van der Waals surface area contributed by atoms with Crippen LogP contribution in [0.3, 0.4) is 0 Å². The minimum Gasteiger partial charge on any atom is -0.433 e. The molecule has 0 aliphatic carbocycles. The maximum absolute atomic E-state index is 14.0. The summed E-state index contributed by atoms with van der Waals surface area (Å²) in [6, 6.07) is 38.4. The van der Waals surface area contributed by atoms with Gasteiger partial charge >= 0.3 is 0 Å². The maximum Gasteiger partial charge on any atom is 0.227 e. The summed E-state index contributed by atoms with van der Waals surface area (Å²) in [5.41, 5.74) is 7.23. The highest BCUT2D eigenvalue weighted by Crippen LogP contribution is 2.33. The third-order valence-electron chi connectivity index (χ3n) is 6.54. The molecule has 0 aliphatic rings. The first-order valence-corrected chi connectivity index (χ1v) is 11.5. The number of aromatic nitrogens is 2. The van der Waals surface area contributed by atoms with Crippen molar-refractivity contribution in [1.29, 1.82) is 0 Å². The molecule has 5 aromatic carbocycles. The molecule has 0 fully saturated rings. The maximum atomic E-state index is 14.0. The van der Waals surface area contributed by atoms with Crippen LogP contribution in [-0.4, -0.2) is 9.55 Å². The van der Waals surface area contributed by atoms with Gasteiger partial charge in [0.25, 0.3) is 0 Å². The second kappa shape index (κ2) is 7.67. The highest BCUT2D eigenvalue weighted by atomic mass is 19.1. The lowest BCUT2D eigenvalue weighted by molar-refractivity contribution is 0.564. The lowest BCUT2D eigenvalue weighted by Gasteiger charge is -2.09. The topological polar surface area (TPSA) is 31.0 Å². The molecule has 0 saturated heterocycles. The van der Waals surface area contributed by atoms with E-state index in [1.807, 2.05) is 24.3 Å². The molecule has 0 amide bonds. The number of rotatable bonds is 3. The van der Waals surface area contributed by atoms with Crippen molar-refractivity contribution in [2.75, 3.05) is 0 Å². The molecule has 0 unspecified atom stereocenters. The minimum atomic E-state index is -0.402. The standard InChI is InChI=1S/C31H19FN2O/c32-26-8-5-9-27-30(26)35-31(33-27)22-14-12-20(13-15-22)21-16-18-23(19-17-21)34-28-10-3-1-6-24(28)25-7-2-4-11-29(25)34/h1-19H. The Morgan fingerprint density at radius 3 is 1.77 bits per heavy atom. The summed E-state index contributed by atoms with van der Waals surface area (Å²) >= 11 is 0. The van der Waals surface area contributed by atoms with Gasteiger partial charge in [0.2, 0.25) is 5.89 Å². The summed E-state index contributed by atoms with van der Waals surface area (Å²) in [6.07, 6.45) is 0. The number of hydrogen-bond acceptors (Lipinski definition) is 2.